The molecule has 82 valence electrons. The van der Waals surface area contributed by atoms with Gasteiger partial charge in [-0.15, -0.1) is 0 Å². The van der Waals surface area contributed by atoms with Crippen LogP contribution in [0.3, 0.4) is 0 Å². The van der Waals surface area contributed by atoms with Crippen molar-refractivity contribution < 1.29 is 5.21 Å². The van der Waals surface area contributed by atoms with Gasteiger partial charge in [-0.2, -0.15) is 0 Å². The van der Waals surface area contributed by atoms with E-state index in [1.54, 1.807) is 0 Å². The summed E-state index contributed by atoms with van der Waals surface area (Å²) in [6.07, 6.45) is 5.72. The lowest BCUT2D eigenvalue weighted by molar-refractivity contribution is 0.315. The SMILES string of the molecule is CCC(CC(N)=NO)NCCC1CC1. The molecule has 0 bridgehead atoms. The van der Waals surface area contributed by atoms with Gasteiger partial charge in [0.05, 0.1) is 0 Å². The second kappa shape index (κ2) is 5.86. The Bertz CT molecular complexity index is 190. The zero-order valence-electron chi connectivity index (χ0n) is 8.87. The fourth-order valence-electron chi connectivity index (χ4n) is 1.55. The van der Waals surface area contributed by atoms with Crippen molar-refractivity contribution in [3.8, 4) is 0 Å². The Labute approximate surface area is 85.6 Å². The first kappa shape index (κ1) is 11.3. The van der Waals surface area contributed by atoms with Crippen LogP contribution in [0.25, 0.3) is 0 Å². The van der Waals surface area contributed by atoms with E-state index in [0.717, 1.165) is 18.9 Å². The standard InChI is InChI=1S/C10H21N3O/c1-2-9(7-10(11)13-14)12-6-5-8-3-4-8/h8-9,12,14H,2-7H2,1H3,(H2,11,13). The van der Waals surface area contributed by atoms with Gasteiger partial charge in [-0.25, -0.2) is 0 Å². The molecule has 4 heteroatoms. The number of nitrogens with zero attached hydrogens (tertiary/aromatic N) is 1. The molecule has 1 aliphatic carbocycles. The minimum absolute atomic E-state index is 0.316. The first-order valence-corrected chi connectivity index (χ1v) is 5.46. The zero-order chi connectivity index (χ0) is 10.4. The van der Waals surface area contributed by atoms with Crippen LogP contribution in [-0.2, 0) is 0 Å². The van der Waals surface area contributed by atoms with Gasteiger partial charge >= 0.3 is 0 Å². The monoisotopic (exact) mass is 199 g/mol. The van der Waals surface area contributed by atoms with Gasteiger partial charge in [-0.3, -0.25) is 0 Å². The Morgan fingerprint density at radius 3 is 2.86 bits per heavy atom. The highest BCUT2D eigenvalue weighted by Crippen LogP contribution is 2.31. The van der Waals surface area contributed by atoms with Crippen molar-refractivity contribution in [2.75, 3.05) is 6.54 Å². The summed E-state index contributed by atoms with van der Waals surface area (Å²) in [5, 5.41) is 14.9. The third-order valence-electron chi connectivity index (χ3n) is 2.76. The maximum Gasteiger partial charge on any atom is 0.140 e. The average Bonchev–Trinajstić information content (AvgIpc) is 2.99. The molecule has 0 saturated heterocycles. The van der Waals surface area contributed by atoms with Gasteiger partial charge in [0.2, 0.25) is 0 Å². The number of rotatable bonds is 7. The molecule has 1 rings (SSSR count). The lowest BCUT2D eigenvalue weighted by Gasteiger charge is -2.15. The molecule has 0 aliphatic heterocycles. The first-order valence-electron chi connectivity index (χ1n) is 5.46. The maximum atomic E-state index is 8.44. The lowest BCUT2D eigenvalue weighted by atomic mass is 10.1. The van der Waals surface area contributed by atoms with Crippen molar-refractivity contribution in [3.63, 3.8) is 0 Å². The summed E-state index contributed by atoms with van der Waals surface area (Å²) in [7, 11) is 0. The zero-order valence-corrected chi connectivity index (χ0v) is 8.87. The highest BCUT2D eigenvalue weighted by Gasteiger charge is 2.20. The Morgan fingerprint density at radius 1 is 1.64 bits per heavy atom. The summed E-state index contributed by atoms with van der Waals surface area (Å²) < 4.78 is 0. The van der Waals surface area contributed by atoms with Crippen LogP contribution in [0, 0.1) is 5.92 Å². The smallest absolute Gasteiger partial charge is 0.140 e. The van der Waals surface area contributed by atoms with Gasteiger partial charge in [0.15, 0.2) is 0 Å². The molecule has 1 saturated carbocycles. The molecule has 1 aliphatic rings. The van der Waals surface area contributed by atoms with Crippen LogP contribution in [0.15, 0.2) is 5.16 Å². The molecule has 1 unspecified atom stereocenters. The van der Waals surface area contributed by atoms with E-state index in [1.807, 2.05) is 0 Å². The van der Waals surface area contributed by atoms with E-state index in [2.05, 4.69) is 17.4 Å². The number of nitrogens with two attached hydrogens (primary N) is 1. The molecular formula is C10H21N3O. The van der Waals surface area contributed by atoms with Gasteiger partial charge < -0.3 is 16.3 Å². The Balaban J connectivity index is 2.09. The van der Waals surface area contributed by atoms with Crippen LogP contribution in [0.2, 0.25) is 0 Å². The Kier molecular flexibility index (Phi) is 4.73. The number of hydrogen-bond acceptors (Lipinski definition) is 3. The molecule has 14 heavy (non-hydrogen) atoms. The third-order valence-corrected chi connectivity index (χ3v) is 2.76. The van der Waals surface area contributed by atoms with E-state index in [-0.39, 0.29) is 0 Å². The van der Waals surface area contributed by atoms with Crippen LogP contribution in [0.1, 0.15) is 39.0 Å². The molecular weight excluding hydrogens is 178 g/mol. The van der Waals surface area contributed by atoms with Gasteiger partial charge in [0.25, 0.3) is 0 Å². The highest BCUT2D eigenvalue weighted by molar-refractivity contribution is 5.80. The molecule has 1 fully saturated rings. The van der Waals surface area contributed by atoms with Gasteiger partial charge in [-0.05, 0) is 25.3 Å². The second-order valence-corrected chi connectivity index (χ2v) is 4.09. The molecule has 0 aromatic heterocycles. The predicted octanol–water partition coefficient (Wildman–Crippen LogP) is 1.29. The van der Waals surface area contributed by atoms with E-state index in [4.69, 9.17) is 10.9 Å². The average molecular weight is 199 g/mol. The first-order chi connectivity index (χ1) is 6.76. The predicted molar refractivity (Wildman–Crippen MR) is 57.4 cm³/mol. The summed E-state index contributed by atoms with van der Waals surface area (Å²) in [5.41, 5.74) is 5.45. The fourth-order valence-corrected chi connectivity index (χ4v) is 1.55. The number of amidine groups is 1. The summed E-state index contributed by atoms with van der Waals surface area (Å²) in [4.78, 5) is 0. The van der Waals surface area contributed by atoms with Crippen LogP contribution < -0.4 is 11.1 Å². The normalized spacial score (nSPS) is 19.6. The van der Waals surface area contributed by atoms with Gasteiger partial charge in [0, 0.05) is 12.5 Å². The van der Waals surface area contributed by atoms with Crippen LogP contribution >= 0.6 is 0 Å². The molecule has 4 N–H and O–H groups in total. The maximum absolute atomic E-state index is 8.44. The summed E-state index contributed by atoms with van der Waals surface area (Å²) in [6, 6.07) is 0.352. The summed E-state index contributed by atoms with van der Waals surface area (Å²) >= 11 is 0. The van der Waals surface area contributed by atoms with Crippen LogP contribution in [0.4, 0.5) is 0 Å². The van der Waals surface area contributed by atoms with Gasteiger partial charge in [-0.1, -0.05) is 24.9 Å². The quantitative estimate of drug-likeness (QED) is 0.250. The van der Waals surface area contributed by atoms with Gasteiger partial charge in [0.1, 0.15) is 5.84 Å². The molecule has 0 aromatic rings. The Hall–Kier alpha value is -0.770. The lowest BCUT2D eigenvalue weighted by Crippen LogP contribution is -2.33. The second-order valence-electron chi connectivity index (χ2n) is 4.09. The number of nitrogens with one attached hydrogen (secondary N) is 1. The molecule has 0 aromatic carbocycles. The van der Waals surface area contributed by atoms with E-state index in [9.17, 15) is 0 Å². The van der Waals surface area contributed by atoms with Crippen LogP contribution in [-0.4, -0.2) is 23.6 Å². The van der Waals surface area contributed by atoms with E-state index >= 15 is 0 Å². The molecule has 1 atom stereocenters. The summed E-state index contributed by atoms with van der Waals surface area (Å²) in [6.45, 7) is 3.17. The van der Waals surface area contributed by atoms with Crippen LogP contribution in [0.5, 0.6) is 0 Å². The van der Waals surface area contributed by atoms with E-state index in [1.165, 1.54) is 19.3 Å². The molecule has 4 nitrogen and oxygen atoms in total. The molecule has 0 radical (unpaired) electrons. The van der Waals surface area contributed by atoms with E-state index < -0.39 is 0 Å². The minimum atomic E-state index is 0.316. The fraction of sp³-hybridized carbons (Fsp3) is 0.900. The number of hydrogen-bond donors (Lipinski definition) is 3. The van der Waals surface area contributed by atoms with Crippen molar-refractivity contribution in [2.24, 2.45) is 16.8 Å². The van der Waals surface area contributed by atoms with Crippen molar-refractivity contribution >= 4 is 5.84 Å². The van der Waals surface area contributed by atoms with Crippen molar-refractivity contribution in [1.82, 2.24) is 5.32 Å². The molecule has 0 heterocycles. The molecule has 0 amide bonds. The highest BCUT2D eigenvalue weighted by atomic mass is 16.4. The number of oxime groups is 1. The topological polar surface area (TPSA) is 70.6 Å². The minimum Gasteiger partial charge on any atom is -0.409 e. The third kappa shape index (κ3) is 4.46. The largest absolute Gasteiger partial charge is 0.409 e. The Morgan fingerprint density at radius 2 is 2.36 bits per heavy atom. The van der Waals surface area contributed by atoms with E-state index in [0.29, 0.717) is 18.3 Å². The summed E-state index contributed by atoms with van der Waals surface area (Å²) in [5.74, 6) is 1.28. The van der Waals surface area contributed by atoms with Crippen molar-refractivity contribution in [3.05, 3.63) is 0 Å². The molecule has 0 spiro atoms. The van der Waals surface area contributed by atoms with Crippen molar-refractivity contribution in [1.29, 1.82) is 0 Å². The van der Waals surface area contributed by atoms with Crippen molar-refractivity contribution in [2.45, 2.75) is 45.1 Å².